The van der Waals surface area contributed by atoms with Crippen molar-refractivity contribution in [3.05, 3.63) is 22.4 Å². The molecule has 1 fully saturated rings. The molecule has 2 rings (SSSR count). The number of hydrogen-bond donors (Lipinski definition) is 2. The molecule has 2 N–H and O–H groups in total. The van der Waals surface area contributed by atoms with Crippen LogP contribution in [0.3, 0.4) is 0 Å². The topological polar surface area (TPSA) is 41.1 Å². The summed E-state index contributed by atoms with van der Waals surface area (Å²) in [5, 5.41) is 8.43. The fourth-order valence-corrected chi connectivity index (χ4v) is 2.82. The fourth-order valence-electron chi connectivity index (χ4n) is 1.84. The van der Waals surface area contributed by atoms with Crippen molar-refractivity contribution >= 4 is 17.2 Å². The molecular formula is C13H20N2OS. The first-order valence-corrected chi connectivity index (χ1v) is 7.11. The standard InChI is InChI=1S/C13H20N2OS/c1-9(2)13(11-4-3-7-17-11)14-8-12(16)15-10-5-6-10/h3-4,7,9-10,13-14H,5-6,8H2,1-2H3,(H,15,16). The van der Waals surface area contributed by atoms with Crippen LogP contribution in [0.25, 0.3) is 0 Å². The van der Waals surface area contributed by atoms with Crippen LogP contribution in [0, 0.1) is 5.92 Å². The Bertz CT molecular complexity index is 358. The lowest BCUT2D eigenvalue weighted by Gasteiger charge is -2.21. The second-order valence-electron chi connectivity index (χ2n) is 4.96. The van der Waals surface area contributed by atoms with Gasteiger partial charge < -0.3 is 10.6 Å². The van der Waals surface area contributed by atoms with Crippen LogP contribution in [0.2, 0.25) is 0 Å². The first kappa shape index (κ1) is 12.6. The Morgan fingerprint density at radius 2 is 2.29 bits per heavy atom. The summed E-state index contributed by atoms with van der Waals surface area (Å²) < 4.78 is 0. The fraction of sp³-hybridized carbons (Fsp3) is 0.615. The maximum absolute atomic E-state index is 11.6. The van der Waals surface area contributed by atoms with Crippen molar-refractivity contribution in [1.29, 1.82) is 0 Å². The zero-order valence-corrected chi connectivity index (χ0v) is 11.2. The van der Waals surface area contributed by atoms with Gasteiger partial charge in [-0.2, -0.15) is 0 Å². The second kappa shape index (κ2) is 5.65. The van der Waals surface area contributed by atoms with Crippen molar-refractivity contribution in [3.63, 3.8) is 0 Å². The molecule has 4 heteroatoms. The van der Waals surface area contributed by atoms with Crippen molar-refractivity contribution in [2.24, 2.45) is 5.92 Å². The summed E-state index contributed by atoms with van der Waals surface area (Å²) in [7, 11) is 0. The molecule has 17 heavy (non-hydrogen) atoms. The Balaban J connectivity index is 1.83. The summed E-state index contributed by atoms with van der Waals surface area (Å²) in [6.45, 7) is 4.77. The summed E-state index contributed by atoms with van der Waals surface area (Å²) in [5.74, 6) is 0.608. The Hall–Kier alpha value is -0.870. The average molecular weight is 252 g/mol. The Morgan fingerprint density at radius 1 is 1.53 bits per heavy atom. The highest BCUT2D eigenvalue weighted by molar-refractivity contribution is 7.10. The van der Waals surface area contributed by atoms with Crippen LogP contribution < -0.4 is 10.6 Å². The van der Waals surface area contributed by atoms with Gasteiger partial charge in [0.15, 0.2) is 0 Å². The number of rotatable bonds is 6. The van der Waals surface area contributed by atoms with Crippen molar-refractivity contribution < 1.29 is 4.79 Å². The maximum Gasteiger partial charge on any atom is 0.234 e. The van der Waals surface area contributed by atoms with Crippen LogP contribution >= 0.6 is 11.3 Å². The molecule has 94 valence electrons. The summed E-state index contributed by atoms with van der Waals surface area (Å²) in [5.41, 5.74) is 0. The molecule has 0 saturated heterocycles. The van der Waals surface area contributed by atoms with E-state index >= 15 is 0 Å². The van der Waals surface area contributed by atoms with Crippen molar-refractivity contribution in [3.8, 4) is 0 Å². The molecular weight excluding hydrogens is 232 g/mol. The lowest BCUT2D eigenvalue weighted by Crippen LogP contribution is -2.37. The van der Waals surface area contributed by atoms with Gasteiger partial charge in [-0.3, -0.25) is 4.79 Å². The summed E-state index contributed by atoms with van der Waals surface area (Å²) in [4.78, 5) is 12.9. The van der Waals surface area contributed by atoms with Crippen molar-refractivity contribution in [2.75, 3.05) is 6.54 Å². The van der Waals surface area contributed by atoms with Crippen LogP contribution in [-0.2, 0) is 4.79 Å². The molecule has 1 aliphatic rings. The minimum absolute atomic E-state index is 0.120. The number of carbonyl (C=O) groups is 1. The quantitative estimate of drug-likeness (QED) is 0.816. The second-order valence-corrected chi connectivity index (χ2v) is 5.94. The van der Waals surface area contributed by atoms with Crippen LogP contribution in [0.4, 0.5) is 0 Å². The van der Waals surface area contributed by atoms with Gasteiger partial charge in [0.2, 0.25) is 5.91 Å². The summed E-state index contributed by atoms with van der Waals surface area (Å²) in [6.07, 6.45) is 2.29. The summed E-state index contributed by atoms with van der Waals surface area (Å²) in [6, 6.07) is 4.91. The lowest BCUT2D eigenvalue weighted by molar-refractivity contribution is -0.120. The molecule has 0 aromatic carbocycles. The number of carbonyl (C=O) groups excluding carboxylic acids is 1. The van der Waals surface area contributed by atoms with Crippen molar-refractivity contribution in [1.82, 2.24) is 10.6 Å². The molecule has 1 aromatic heterocycles. The van der Waals surface area contributed by atoms with E-state index in [4.69, 9.17) is 0 Å². The molecule has 1 heterocycles. The Labute approximate surface area is 107 Å². The van der Waals surface area contributed by atoms with Gasteiger partial charge >= 0.3 is 0 Å². The van der Waals surface area contributed by atoms with E-state index in [0.29, 0.717) is 18.5 Å². The monoisotopic (exact) mass is 252 g/mol. The summed E-state index contributed by atoms with van der Waals surface area (Å²) >= 11 is 1.74. The zero-order valence-electron chi connectivity index (χ0n) is 10.4. The van der Waals surface area contributed by atoms with Gasteiger partial charge in [-0.05, 0) is 30.2 Å². The number of nitrogens with one attached hydrogen (secondary N) is 2. The molecule has 0 bridgehead atoms. The van der Waals surface area contributed by atoms with Gasteiger partial charge in [-0.25, -0.2) is 0 Å². The Morgan fingerprint density at radius 3 is 2.82 bits per heavy atom. The zero-order chi connectivity index (χ0) is 12.3. The minimum Gasteiger partial charge on any atom is -0.352 e. The van der Waals surface area contributed by atoms with Gasteiger partial charge in [0.25, 0.3) is 0 Å². The molecule has 1 amide bonds. The highest BCUT2D eigenvalue weighted by Gasteiger charge is 2.24. The molecule has 3 nitrogen and oxygen atoms in total. The van der Waals surface area contributed by atoms with Gasteiger partial charge in [0.05, 0.1) is 6.54 Å². The van der Waals surface area contributed by atoms with E-state index in [-0.39, 0.29) is 11.9 Å². The van der Waals surface area contributed by atoms with E-state index in [9.17, 15) is 4.79 Å². The molecule has 1 atom stereocenters. The molecule has 1 aliphatic carbocycles. The third kappa shape index (κ3) is 3.82. The smallest absolute Gasteiger partial charge is 0.234 e. The van der Waals surface area contributed by atoms with E-state index in [2.05, 4.69) is 42.0 Å². The average Bonchev–Trinajstić information content (AvgIpc) is 2.92. The third-order valence-electron chi connectivity index (χ3n) is 2.94. The van der Waals surface area contributed by atoms with Gasteiger partial charge in [0, 0.05) is 17.0 Å². The van der Waals surface area contributed by atoms with E-state index < -0.39 is 0 Å². The first-order valence-electron chi connectivity index (χ1n) is 6.23. The SMILES string of the molecule is CC(C)C(NCC(=O)NC1CC1)c1cccs1. The highest BCUT2D eigenvalue weighted by Crippen LogP contribution is 2.25. The van der Waals surface area contributed by atoms with Crippen LogP contribution in [0.5, 0.6) is 0 Å². The van der Waals surface area contributed by atoms with Gasteiger partial charge in [0.1, 0.15) is 0 Å². The predicted molar refractivity (Wildman–Crippen MR) is 71.1 cm³/mol. The number of hydrogen-bond acceptors (Lipinski definition) is 3. The molecule has 1 saturated carbocycles. The van der Waals surface area contributed by atoms with E-state index in [1.165, 1.54) is 4.88 Å². The number of amides is 1. The third-order valence-corrected chi connectivity index (χ3v) is 3.90. The molecule has 1 aromatic rings. The van der Waals surface area contributed by atoms with Crippen LogP contribution in [0.1, 0.15) is 37.6 Å². The Kier molecular flexibility index (Phi) is 4.18. The largest absolute Gasteiger partial charge is 0.352 e. The van der Waals surface area contributed by atoms with Gasteiger partial charge in [-0.15, -0.1) is 11.3 Å². The van der Waals surface area contributed by atoms with Gasteiger partial charge in [-0.1, -0.05) is 19.9 Å². The number of thiophene rings is 1. The highest BCUT2D eigenvalue weighted by atomic mass is 32.1. The van der Waals surface area contributed by atoms with E-state index in [1.54, 1.807) is 11.3 Å². The molecule has 0 radical (unpaired) electrons. The lowest BCUT2D eigenvalue weighted by atomic mass is 10.0. The predicted octanol–water partition coefficient (Wildman–Crippen LogP) is 2.31. The van der Waals surface area contributed by atoms with Crippen molar-refractivity contribution in [2.45, 2.75) is 38.8 Å². The molecule has 1 unspecified atom stereocenters. The normalized spacial score (nSPS) is 17.1. The minimum atomic E-state index is 0.120. The van der Waals surface area contributed by atoms with E-state index in [0.717, 1.165) is 12.8 Å². The molecule has 0 aliphatic heterocycles. The van der Waals surface area contributed by atoms with E-state index in [1.807, 2.05) is 0 Å². The van der Waals surface area contributed by atoms with Crippen LogP contribution in [0.15, 0.2) is 17.5 Å². The first-order chi connectivity index (χ1) is 8.16. The van der Waals surface area contributed by atoms with Crippen LogP contribution in [-0.4, -0.2) is 18.5 Å². The maximum atomic E-state index is 11.6. The molecule has 0 spiro atoms.